The molecule has 4 nitrogen and oxygen atoms in total. The number of hydrogen-bond donors (Lipinski definition) is 1. The molecule has 94 valence electrons. The zero-order valence-electron chi connectivity index (χ0n) is 10.7. The van der Waals surface area contributed by atoms with E-state index in [1.807, 2.05) is 6.26 Å². The van der Waals surface area contributed by atoms with E-state index in [2.05, 4.69) is 41.0 Å². The SMILES string of the molecule is CSc1nc(NC2CC2)nc([AsH]C(C)(C)C)n1. The normalized spacial score (nSPS) is 16.7. The van der Waals surface area contributed by atoms with Crippen LogP contribution in [0.15, 0.2) is 5.16 Å². The Morgan fingerprint density at radius 2 is 1.94 bits per heavy atom. The van der Waals surface area contributed by atoms with E-state index >= 15 is 0 Å². The van der Waals surface area contributed by atoms with Crippen molar-refractivity contribution in [2.24, 2.45) is 0 Å². The third-order valence-electron chi connectivity index (χ3n) is 2.19. The van der Waals surface area contributed by atoms with Gasteiger partial charge in [-0.1, -0.05) is 0 Å². The Labute approximate surface area is 113 Å². The average Bonchev–Trinajstić information content (AvgIpc) is 2.98. The van der Waals surface area contributed by atoms with Gasteiger partial charge in [0.25, 0.3) is 0 Å². The van der Waals surface area contributed by atoms with Crippen molar-refractivity contribution in [2.45, 2.75) is 49.0 Å². The molecule has 0 aromatic carbocycles. The molecule has 6 heteroatoms. The molecular weight excluding hydrogens is 295 g/mol. The van der Waals surface area contributed by atoms with Crippen LogP contribution in [0.3, 0.4) is 0 Å². The Balaban J connectivity index is 2.18. The fourth-order valence-corrected chi connectivity index (χ4v) is 3.93. The van der Waals surface area contributed by atoms with E-state index in [9.17, 15) is 0 Å². The van der Waals surface area contributed by atoms with Crippen LogP contribution in [-0.4, -0.2) is 43.0 Å². The Bertz CT molecular complexity index is 401. The molecular formula is C11H19AsN4S. The molecule has 1 unspecified atom stereocenters. The molecule has 0 spiro atoms. The summed E-state index contributed by atoms with van der Waals surface area (Å²) in [6, 6.07) is 0.592. The number of nitrogens with zero attached hydrogens (tertiary/aromatic N) is 3. The summed E-state index contributed by atoms with van der Waals surface area (Å²) in [5, 5.41) is 4.20. The predicted octanol–water partition coefficient (Wildman–Crippen LogP) is 1.45. The summed E-state index contributed by atoms with van der Waals surface area (Å²) >= 11 is 1.27. The minimum atomic E-state index is -0.321. The predicted molar refractivity (Wildman–Crippen MR) is 74.8 cm³/mol. The Hall–Kier alpha value is -0.282. The van der Waals surface area contributed by atoms with E-state index in [1.54, 1.807) is 11.8 Å². The molecule has 0 saturated heterocycles. The third kappa shape index (κ3) is 4.47. The summed E-state index contributed by atoms with van der Waals surface area (Å²) < 4.78 is 1.34. The van der Waals surface area contributed by atoms with Gasteiger partial charge in [0.15, 0.2) is 0 Å². The summed E-state index contributed by atoms with van der Waals surface area (Å²) in [6.45, 7) is 6.76. The van der Waals surface area contributed by atoms with Crippen LogP contribution in [0.4, 0.5) is 5.95 Å². The molecule has 0 bridgehead atoms. The molecule has 1 aromatic heterocycles. The quantitative estimate of drug-likeness (QED) is 0.673. The first kappa shape index (κ1) is 13.2. The monoisotopic (exact) mass is 314 g/mol. The van der Waals surface area contributed by atoms with Crippen molar-refractivity contribution < 1.29 is 0 Å². The van der Waals surface area contributed by atoms with Crippen molar-refractivity contribution in [3.8, 4) is 0 Å². The molecule has 17 heavy (non-hydrogen) atoms. The van der Waals surface area contributed by atoms with Gasteiger partial charge >= 0.3 is 114 Å². The van der Waals surface area contributed by atoms with Crippen molar-refractivity contribution in [3.05, 3.63) is 0 Å². The van der Waals surface area contributed by atoms with Crippen molar-refractivity contribution >= 4 is 38.1 Å². The van der Waals surface area contributed by atoms with E-state index in [-0.39, 0.29) is 15.8 Å². The van der Waals surface area contributed by atoms with Gasteiger partial charge in [-0.3, -0.25) is 0 Å². The van der Waals surface area contributed by atoms with Gasteiger partial charge in [-0.25, -0.2) is 0 Å². The Morgan fingerprint density at radius 1 is 1.24 bits per heavy atom. The summed E-state index contributed by atoms with van der Waals surface area (Å²) in [5.41, 5.74) is 0. The molecule has 1 fully saturated rings. The number of thioether (sulfide) groups is 1. The molecule has 0 aliphatic heterocycles. The average molecular weight is 314 g/mol. The van der Waals surface area contributed by atoms with Crippen molar-refractivity contribution in [3.63, 3.8) is 0 Å². The van der Waals surface area contributed by atoms with Gasteiger partial charge in [0.1, 0.15) is 0 Å². The Morgan fingerprint density at radius 3 is 2.47 bits per heavy atom. The summed E-state index contributed by atoms with van der Waals surface area (Å²) in [5.74, 6) is 0.773. The number of hydrogen-bond acceptors (Lipinski definition) is 5. The Kier molecular flexibility index (Phi) is 3.98. The first-order chi connectivity index (χ1) is 7.96. The molecule has 1 N–H and O–H groups in total. The number of rotatable bonds is 4. The van der Waals surface area contributed by atoms with Gasteiger partial charge in [0.05, 0.1) is 0 Å². The van der Waals surface area contributed by atoms with E-state index in [1.165, 1.54) is 12.8 Å². The van der Waals surface area contributed by atoms with E-state index in [4.69, 9.17) is 0 Å². The van der Waals surface area contributed by atoms with Crippen LogP contribution in [0.5, 0.6) is 0 Å². The van der Waals surface area contributed by atoms with Gasteiger partial charge in [-0.05, 0) is 0 Å². The van der Waals surface area contributed by atoms with Crippen LogP contribution < -0.4 is 9.93 Å². The number of anilines is 1. The van der Waals surface area contributed by atoms with Gasteiger partial charge in [-0.2, -0.15) is 0 Å². The van der Waals surface area contributed by atoms with E-state index in [0.717, 1.165) is 15.7 Å². The molecule has 1 aliphatic carbocycles. The molecule has 1 atom stereocenters. The second-order valence-corrected chi connectivity index (χ2v) is 10.6. The van der Waals surface area contributed by atoms with Crippen LogP contribution in [0.1, 0.15) is 33.6 Å². The van der Waals surface area contributed by atoms with Crippen LogP contribution >= 0.6 is 11.8 Å². The maximum absolute atomic E-state index is 4.56. The molecule has 1 aliphatic rings. The number of nitrogens with one attached hydrogen (secondary N) is 1. The van der Waals surface area contributed by atoms with Gasteiger partial charge in [-0.15, -0.1) is 0 Å². The molecule has 2 rings (SSSR count). The maximum atomic E-state index is 4.56. The molecule has 0 radical (unpaired) electrons. The van der Waals surface area contributed by atoms with Gasteiger partial charge in [0.2, 0.25) is 0 Å². The van der Waals surface area contributed by atoms with Crippen molar-refractivity contribution in [1.29, 1.82) is 0 Å². The third-order valence-corrected chi connectivity index (χ3v) is 5.25. The van der Waals surface area contributed by atoms with Crippen LogP contribution in [0.2, 0.25) is 4.20 Å². The second kappa shape index (κ2) is 5.15. The second-order valence-electron chi connectivity index (χ2n) is 5.26. The topological polar surface area (TPSA) is 50.7 Å². The number of aromatic nitrogens is 3. The van der Waals surface area contributed by atoms with Crippen LogP contribution in [0, 0.1) is 0 Å². The standard InChI is InChI=1S/C11H19AsN4S/c1-11(2,3)12-8-14-9(13-7-5-6-7)16-10(15-8)17-4/h7,12H,5-6H2,1-4H3,(H,13,14,15,16). The molecule has 0 amide bonds. The molecule has 1 saturated carbocycles. The summed E-state index contributed by atoms with van der Waals surface area (Å²) in [6.07, 6.45) is 4.49. The summed E-state index contributed by atoms with van der Waals surface area (Å²) in [7, 11) is 0. The van der Waals surface area contributed by atoms with Crippen LogP contribution in [-0.2, 0) is 0 Å². The zero-order valence-corrected chi connectivity index (χ0v) is 13.7. The fourth-order valence-electron chi connectivity index (χ4n) is 1.31. The van der Waals surface area contributed by atoms with E-state index in [0.29, 0.717) is 10.2 Å². The van der Waals surface area contributed by atoms with Gasteiger partial charge in [0, 0.05) is 0 Å². The van der Waals surface area contributed by atoms with Crippen molar-refractivity contribution in [2.75, 3.05) is 11.6 Å². The molecule has 1 aromatic rings. The summed E-state index contributed by atoms with van der Waals surface area (Å²) in [4.78, 5) is 13.5. The van der Waals surface area contributed by atoms with Crippen LogP contribution in [0.25, 0.3) is 0 Å². The first-order valence-electron chi connectivity index (χ1n) is 5.81. The minimum absolute atomic E-state index is 0.321. The van der Waals surface area contributed by atoms with E-state index < -0.39 is 0 Å². The first-order valence-corrected chi connectivity index (χ1v) is 9.13. The van der Waals surface area contributed by atoms with Crippen molar-refractivity contribution in [1.82, 2.24) is 15.0 Å². The molecule has 1 heterocycles. The fraction of sp³-hybridized carbons (Fsp3) is 0.727. The van der Waals surface area contributed by atoms with Gasteiger partial charge < -0.3 is 0 Å². The zero-order chi connectivity index (χ0) is 12.5.